The number of rotatable bonds is 5. The van der Waals surface area contributed by atoms with Gasteiger partial charge in [0, 0.05) is 66.2 Å². The van der Waals surface area contributed by atoms with E-state index in [2.05, 4.69) is 49.2 Å². The molecule has 0 aliphatic carbocycles. The summed E-state index contributed by atoms with van der Waals surface area (Å²) in [5, 5.41) is 3.44. The van der Waals surface area contributed by atoms with Crippen molar-refractivity contribution in [3.63, 3.8) is 0 Å². The van der Waals surface area contributed by atoms with Crippen LogP contribution in [-0.2, 0) is 16.0 Å². The maximum atomic E-state index is 5.72. The number of nitrogens with one attached hydrogen (secondary N) is 1. The van der Waals surface area contributed by atoms with Gasteiger partial charge in [0.2, 0.25) is 0 Å². The Balaban J connectivity index is 0.00000280. The van der Waals surface area contributed by atoms with Crippen LogP contribution in [0.3, 0.4) is 0 Å². The van der Waals surface area contributed by atoms with Crippen LogP contribution in [0.2, 0.25) is 0 Å². The summed E-state index contributed by atoms with van der Waals surface area (Å²) < 4.78 is 10.9. The number of nitrogens with zero attached hydrogens (tertiary/aromatic N) is 5. The van der Waals surface area contributed by atoms with Crippen LogP contribution in [0, 0.1) is 0 Å². The number of piperazine rings is 1. The van der Waals surface area contributed by atoms with Crippen LogP contribution in [-0.4, -0.2) is 101 Å². The van der Waals surface area contributed by atoms with Gasteiger partial charge < -0.3 is 29.5 Å². The molecule has 2 saturated heterocycles. The first-order valence-corrected chi connectivity index (χ1v) is 9.64. The third-order valence-corrected chi connectivity index (χ3v) is 5.09. The van der Waals surface area contributed by atoms with Crippen molar-refractivity contribution in [2.24, 2.45) is 4.99 Å². The molecule has 0 amide bonds. The molecule has 0 radical (unpaired) electrons. The minimum Gasteiger partial charge on any atom is -0.382 e. The van der Waals surface area contributed by atoms with Gasteiger partial charge in [-0.1, -0.05) is 6.07 Å². The standard InChI is InChI=1S/C19H32N6O2.HI/c1-20-19(25-10-11-27-17(14-25)15-26-3)22-13-16-4-5-18(21-12-16)24-8-6-23(2)7-9-24;/h4-5,12,17H,6-11,13-15H2,1-3H3,(H,20,22);1H. The Hall–Kier alpha value is -1.17. The zero-order chi connectivity index (χ0) is 19.1. The van der Waals surface area contributed by atoms with Crippen LogP contribution in [0.15, 0.2) is 23.3 Å². The number of anilines is 1. The second kappa shape index (κ2) is 11.7. The zero-order valence-electron chi connectivity index (χ0n) is 17.1. The number of hydrogen-bond acceptors (Lipinski definition) is 6. The number of likely N-dealkylation sites (N-methyl/N-ethyl adjacent to an activating group) is 1. The molecular weight excluding hydrogens is 471 g/mol. The van der Waals surface area contributed by atoms with Gasteiger partial charge in [-0.25, -0.2) is 4.98 Å². The molecule has 0 saturated carbocycles. The molecule has 9 heteroatoms. The summed E-state index contributed by atoms with van der Waals surface area (Å²) >= 11 is 0. The Morgan fingerprint density at radius 1 is 1.29 bits per heavy atom. The van der Waals surface area contributed by atoms with Crippen LogP contribution < -0.4 is 10.2 Å². The molecular formula is C19H33IN6O2. The summed E-state index contributed by atoms with van der Waals surface area (Å²) in [5.41, 5.74) is 1.15. The van der Waals surface area contributed by atoms with Gasteiger partial charge in [0.1, 0.15) is 5.82 Å². The van der Waals surface area contributed by atoms with Crippen LogP contribution in [0.5, 0.6) is 0 Å². The van der Waals surface area contributed by atoms with Crippen LogP contribution in [0.1, 0.15) is 5.56 Å². The maximum Gasteiger partial charge on any atom is 0.194 e. The van der Waals surface area contributed by atoms with Crippen molar-refractivity contribution >= 4 is 35.8 Å². The lowest BCUT2D eigenvalue weighted by atomic mass is 10.2. The van der Waals surface area contributed by atoms with E-state index in [1.54, 1.807) is 7.11 Å². The number of methoxy groups -OCH3 is 1. The highest BCUT2D eigenvalue weighted by Gasteiger charge is 2.22. The molecule has 8 nitrogen and oxygen atoms in total. The van der Waals surface area contributed by atoms with E-state index in [4.69, 9.17) is 9.47 Å². The van der Waals surface area contributed by atoms with Crippen LogP contribution >= 0.6 is 24.0 Å². The fourth-order valence-corrected chi connectivity index (χ4v) is 3.46. The SMILES string of the molecule is CN=C(NCc1ccc(N2CCN(C)CC2)nc1)N1CCOC(COC)C1.I. The summed E-state index contributed by atoms with van der Waals surface area (Å²) in [6.45, 7) is 7.86. The number of morpholine rings is 1. The molecule has 1 N–H and O–H groups in total. The highest BCUT2D eigenvalue weighted by atomic mass is 127. The normalized spacial score (nSPS) is 21.4. The van der Waals surface area contributed by atoms with E-state index in [0.717, 1.165) is 56.6 Å². The lowest BCUT2D eigenvalue weighted by Crippen LogP contribution is -2.51. The fourth-order valence-electron chi connectivity index (χ4n) is 3.46. The van der Waals surface area contributed by atoms with E-state index in [9.17, 15) is 0 Å². The molecule has 0 spiro atoms. The van der Waals surface area contributed by atoms with Gasteiger partial charge >= 0.3 is 0 Å². The maximum absolute atomic E-state index is 5.72. The molecule has 2 aliphatic rings. The second-order valence-electron chi connectivity index (χ2n) is 7.11. The third-order valence-electron chi connectivity index (χ3n) is 5.09. The molecule has 28 heavy (non-hydrogen) atoms. The van der Waals surface area contributed by atoms with Gasteiger partial charge in [0.05, 0.1) is 19.3 Å². The first kappa shape index (κ1) is 23.1. The third kappa shape index (κ3) is 6.43. The quantitative estimate of drug-likeness (QED) is 0.363. The first-order valence-electron chi connectivity index (χ1n) is 9.64. The highest BCUT2D eigenvalue weighted by Crippen LogP contribution is 2.14. The molecule has 1 aromatic rings. The van der Waals surface area contributed by atoms with Crippen LogP contribution in [0.25, 0.3) is 0 Å². The van der Waals surface area contributed by atoms with E-state index in [0.29, 0.717) is 19.8 Å². The molecule has 3 heterocycles. The van der Waals surface area contributed by atoms with Crippen molar-refractivity contribution in [2.45, 2.75) is 12.6 Å². The van der Waals surface area contributed by atoms with Gasteiger partial charge in [-0.2, -0.15) is 0 Å². The lowest BCUT2D eigenvalue weighted by molar-refractivity contribution is -0.0447. The van der Waals surface area contributed by atoms with E-state index in [1.807, 2.05) is 13.2 Å². The first-order chi connectivity index (χ1) is 13.2. The minimum atomic E-state index is 0. The minimum absolute atomic E-state index is 0. The molecule has 3 rings (SSSR count). The molecule has 1 unspecified atom stereocenters. The van der Waals surface area contributed by atoms with Crippen LogP contribution in [0.4, 0.5) is 5.82 Å². The molecule has 1 aromatic heterocycles. The monoisotopic (exact) mass is 504 g/mol. The van der Waals surface area contributed by atoms with Gasteiger partial charge in [-0.3, -0.25) is 4.99 Å². The number of guanidine groups is 1. The van der Waals surface area contributed by atoms with Crippen molar-refractivity contribution in [3.05, 3.63) is 23.9 Å². The summed E-state index contributed by atoms with van der Waals surface area (Å²) in [6.07, 6.45) is 2.05. The Kier molecular flexibility index (Phi) is 9.69. The fraction of sp³-hybridized carbons (Fsp3) is 0.684. The van der Waals surface area contributed by atoms with Gasteiger partial charge in [-0.05, 0) is 18.7 Å². The summed E-state index contributed by atoms with van der Waals surface area (Å²) in [7, 11) is 5.68. The Morgan fingerprint density at radius 2 is 2.07 bits per heavy atom. The number of hydrogen-bond donors (Lipinski definition) is 1. The van der Waals surface area contributed by atoms with Crippen molar-refractivity contribution in [1.82, 2.24) is 20.1 Å². The Bertz CT molecular complexity index is 605. The smallest absolute Gasteiger partial charge is 0.194 e. The molecule has 2 aliphatic heterocycles. The van der Waals surface area contributed by atoms with E-state index in [1.165, 1.54) is 0 Å². The van der Waals surface area contributed by atoms with Gasteiger partial charge in [0.15, 0.2) is 5.96 Å². The van der Waals surface area contributed by atoms with Crippen molar-refractivity contribution < 1.29 is 9.47 Å². The zero-order valence-corrected chi connectivity index (χ0v) is 19.5. The van der Waals surface area contributed by atoms with E-state index >= 15 is 0 Å². The predicted octanol–water partition coefficient (Wildman–Crippen LogP) is 0.874. The number of halogens is 1. The van der Waals surface area contributed by atoms with Gasteiger partial charge in [-0.15, -0.1) is 24.0 Å². The average molecular weight is 504 g/mol. The predicted molar refractivity (Wildman–Crippen MR) is 123 cm³/mol. The van der Waals surface area contributed by atoms with Crippen molar-refractivity contribution in [1.29, 1.82) is 0 Å². The number of aliphatic imine (C=N–C) groups is 1. The number of ether oxygens (including phenoxy) is 2. The molecule has 2 fully saturated rings. The van der Waals surface area contributed by atoms with Gasteiger partial charge in [0.25, 0.3) is 0 Å². The molecule has 0 bridgehead atoms. The molecule has 0 aromatic carbocycles. The molecule has 158 valence electrons. The number of pyridine rings is 1. The van der Waals surface area contributed by atoms with Crippen molar-refractivity contribution in [3.8, 4) is 0 Å². The second-order valence-corrected chi connectivity index (χ2v) is 7.11. The van der Waals surface area contributed by atoms with E-state index in [-0.39, 0.29) is 30.1 Å². The summed E-state index contributed by atoms with van der Waals surface area (Å²) in [6, 6.07) is 4.27. The topological polar surface area (TPSA) is 65.5 Å². The summed E-state index contributed by atoms with van der Waals surface area (Å²) in [5.74, 6) is 1.95. The lowest BCUT2D eigenvalue weighted by Gasteiger charge is -2.34. The van der Waals surface area contributed by atoms with Crippen molar-refractivity contribution in [2.75, 3.05) is 78.6 Å². The Morgan fingerprint density at radius 3 is 2.71 bits per heavy atom. The summed E-state index contributed by atoms with van der Waals surface area (Å²) in [4.78, 5) is 16.0. The molecule has 1 atom stereocenters. The highest BCUT2D eigenvalue weighted by molar-refractivity contribution is 14.0. The largest absolute Gasteiger partial charge is 0.382 e. The van der Waals surface area contributed by atoms with E-state index < -0.39 is 0 Å². The Labute approximate surface area is 185 Å². The number of aromatic nitrogens is 1. The average Bonchev–Trinajstić information content (AvgIpc) is 2.70.